The standard InChI is InChI=1S/C21H19N3O6S/c1-23(17-5-3-2-4-6-17)31(28,29)20-13-7-16(8-14-20)22-21(25)15-30-19-11-9-18(10-12-19)24(26)27/h2-14H,15H2,1H3,(H,22,25). The van der Waals surface area contributed by atoms with Gasteiger partial charge < -0.3 is 10.1 Å². The van der Waals surface area contributed by atoms with Crippen LogP contribution < -0.4 is 14.4 Å². The molecule has 0 saturated heterocycles. The van der Waals surface area contributed by atoms with E-state index < -0.39 is 20.9 Å². The van der Waals surface area contributed by atoms with Crippen LogP contribution in [0.2, 0.25) is 0 Å². The van der Waals surface area contributed by atoms with Crippen molar-refractivity contribution in [2.45, 2.75) is 4.90 Å². The summed E-state index contributed by atoms with van der Waals surface area (Å²) >= 11 is 0. The predicted octanol–water partition coefficient (Wildman–Crippen LogP) is 3.44. The van der Waals surface area contributed by atoms with E-state index in [1.807, 2.05) is 0 Å². The molecule has 1 N–H and O–H groups in total. The van der Waals surface area contributed by atoms with Gasteiger partial charge in [0.2, 0.25) is 0 Å². The quantitative estimate of drug-likeness (QED) is 0.422. The molecule has 9 nitrogen and oxygen atoms in total. The van der Waals surface area contributed by atoms with E-state index in [9.17, 15) is 23.3 Å². The lowest BCUT2D eigenvalue weighted by Gasteiger charge is -2.19. The molecular formula is C21H19N3O6S. The van der Waals surface area contributed by atoms with Crippen molar-refractivity contribution >= 4 is 33.0 Å². The summed E-state index contributed by atoms with van der Waals surface area (Å²) in [7, 11) is -2.28. The molecule has 0 saturated carbocycles. The number of nitro benzene ring substituents is 1. The number of carbonyl (C=O) groups is 1. The van der Waals surface area contributed by atoms with Crippen LogP contribution in [0.15, 0.2) is 83.8 Å². The van der Waals surface area contributed by atoms with E-state index in [0.29, 0.717) is 17.1 Å². The van der Waals surface area contributed by atoms with Crippen LogP contribution in [0.3, 0.4) is 0 Å². The van der Waals surface area contributed by atoms with Gasteiger partial charge in [-0.2, -0.15) is 0 Å². The molecule has 0 aliphatic heterocycles. The first-order valence-electron chi connectivity index (χ1n) is 9.08. The summed E-state index contributed by atoms with van der Waals surface area (Å²) in [5.41, 5.74) is 0.853. The van der Waals surface area contributed by atoms with Crippen LogP contribution in [0.25, 0.3) is 0 Å². The molecule has 0 unspecified atom stereocenters. The Balaban J connectivity index is 1.59. The van der Waals surface area contributed by atoms with Crippen molar-refractivity contribution < 1.29 is 22.9 Å². The maximum absolute atomic E-state index is 12.8. The number of hydrogen-bond acceptors (Lipinski definition) is 6. The number of nitrogens with one attached hydrogen (secondary N) is 1. The minimum Gasteiger partial charge on any atom is -0.484 e. The first-order valence-corrected chi connectivity index (χ1v) is 10.5. The van der Waals surface area contributed by atoms with Crippen LogP contribution in [0.5, 0.6) is 5.75 Å². The minimum absolute atomic E-state index is 0.0789. The fraction of sp³-hybridized carbons (Fsp3) is 0.0952. The summed E-state index contributed by atoms with van der Waals surface area (Å²) in [6, 6.07) is 19.8. The highest BCUT2D eigenvalue weighted by Gasteiger charge is 2.21. The molecule has 0 spiro atoms. The zero-order valence-corrected chi connectivity index (χ0v) is 17.3. The highest BCUT2D eigenvalue weighted by Crippen LogP contribution is 2.23. The minimum atomic E-state index is -3.75. The Bertz CT molecular complexity index is 1160. The van der Waals surface area contributed by atoms with E-state index in [0.717, 1.165) is 0 Å². The van der Waals surface area contributed by atoms with E-state index in [4.69, 9.17) is 4.74 Å². The fourth-order valence-corrected chi connectivity index (χ4v) is 3.85. The van der Waals surface area contributed by atoms with Crippen LogP contribution in [-0.2, 0) is 14.8 Å². The number of sulfonamides is 1. The molecule has 0 atom stereocenters. The number of nitrogens with zero attached hydrogens (tertiary/aromatic N) is 2. The maximum Gasteiger partial charge on any atom is 0.269 e. The van der Waals surface area contributed by atoms with Crippen molar-refractivity contribution in [1.82, 2.24) is 0 Å². The molecule has 0 aliphatic carbocycles. The molecule has 0 bridgehead atoms. The summed E-state index contributed by atoms with van der Waals surface area (Å²) < 4.78 is 32.0. The number of carbonyl (C=O) groups excluding carboxylic acids is 1. The second-order valence-corrected chi connectivity index (χ2v) is 8.39. The van der Waals surface area contributed by atoms with Gasteiger partial charge in [0.1, 0.15) is 5.75 Å². The Kier molecular flexibility index (Phi) is 6.51. The lowest BCUT2D eigenvalue weighted by atomic mass is 10.3. The highest BCUT2D eigenvalue weighted by molar-refractivity contribution is 7.92. The molecule has 160 valence electrons. The summed E-state index contributed by atoms with van der Waals surface area (Å²) in [6.45, 7) is -0.311. The zero-order valence-electron chi connectivity index (χ0n) is 16.5. The van der Waals surface area contributed by atoms with Crippen LogP contribution >= 0.6 is 0 Å². The van der Waals surface area contributed by atoms with E-state index in [-0.39, 0.29) is 17.2 Å². The Labute approximate surface area is 179 Å². The van der Waals surface area contributed by atoms with Gasteiger partial charge >= 0.3 is 0 Å². The number of ether oxygens (including phenoxy) is 1. The van der Waals surface area contributed by atoms with Crippen LogP contribution in [0, 0.1) is 10.1 Å². The van der Waals surface area contributed by atoms with Crippen LogP contribution in [-0.4, -0.2) is 32.9 Å². The number of non-ortho nitro benzene ring substituents is 1. The van der Waals surface area contributed by atoms with Gasteiger partial charge in [-0.3, -0.25) is 19.2 Å². The summed E-state index contributed by atoms with van der Waals surface area (Å²) in [4.78, 5) is 22.3. The molecular weight excluding hydrogens is 422 g/mol. The topological polar surface area (TPSA) is 119 Å². The third-order valence-corrected chi connectivity index (χ3v) is 6.13. The molecule has 0 radical (unpaired) electrons. The predicted molar refractivity (Wildman–Crippen MR) is 116 cm³/mol. The summed E-state index contributed by atoms with van der Waals surface area (Å²) in [5, 5.41) is 13.2. The number of para-hydroxylation sites is 1. The second kappa shape index (κ2) is 9.26. The van der Waals surface area contributed by atoms with E-state index in [1.165, 1.54) is 59.9 Å². The fourth-order valence-electron chi connectivity index (χ4n) is 2.66. The second-order valence-electron chi connectivity index (χ2n) is 6.42. The number of hydrogen-bond donors (Lipinski definition) is 1. The Hall–Kier alpha value is -3.92. The van der Waals surface area contributed by atoms with E-state index in [2.05, 4.69) is 5.32 Å². The molecule has 3 rings (SSSR count). The monoisotopic (exact) mass is 441 g/mol. The number of nitro groups is 1. The van der Waals surface area contributed by atoms with Crippen molar-refractivity contribution in [2.24, 2.45) is 0 Å². The summed E-state index contributed by atoms with van der Waals surface area (Å²) in [6.07, 6.45) is 0. The van der Waals surface area contributed by atoms with Gasteiger partial charge in [0.15, 0.2) is 6.61 Å². The highest BCUT2D eigenvalue weighted by atomic mass is 32.2. The molecule has 31 heavy (non-hydrogen) atoms. The van der Waals surface area contributed by atoms with Gasteiger partial charge in [-0.15, -0.1) is 0 Å². The lowest BCUT2D eigenvalue weighted by molar-refractivity contribution is -0.384. The average Bonchev–Trinajstić information content (AvgIpc) is 2.78. The van der Waals surface area contributed by atoms with E-state index in [1.54, 1.807) is 30.3 Å². The van der Waals surface area contributed by atoms with Gasteiger partial charge in [-0.05, 0) is 48.5 Å². The first-order chi connectivity index (χ1) is 14.8. The molecule has 3 aromatic rings. The van der Waals surface area contributed by atoms with Gasteiger partial charge in [-0.1, -0.05) is 18.2 Å². The smallest absolute Gasteiger partial charge is 0.269 e. The normalized spacial score (nSPS) is 10.9. The first kappa shape index (κ1) is 21.8. The largest absolute Gasteiger partial charge is 0.484 e. The average molecular weight is 441 g/mol. The maximum atomic E-state index is 12.8. The molecule has 1 amide bonds. The molecule has 0 fully saturated rings. The zero-order chi connectivity index (χ0) is 22.4. The third-order valence-electron chi connectivity index (χ3n) is 4.33. The Morgan fingerprint density at radius 1 is 1.00 bits per heavy atom. The van der Waals surface area contributed by atoms with Gasteiger partial charge in [0, 0.05) is 24.9 Å². The third kappa shape index (κ3) is 5.37. The number of anilines is 2. The van der Waals surface area contributed by atoms with Crippen molar-refractivity contribution in [3.8, 4) is 5.75 Å². The SMILES string of the molecule is CN(c1ccccc1)S(=O)(=O)c1ccc(NC(=O)COc2ccc([N+](=O)[O-])cc2)cc1. The van der Waals surface area contributed by atoms with E-state index >= 15 is 0 Å². The number of rotatable bonds is 8. The van der Waals surface area contributed by atoms with Crippen LogP contribution in [0.1, 0.15) is 0 Å². The van der Waals surface area contributed by atoms with Crippen molar-refractivity contribution in [2.75, 3.05) is 23.3 Å². The number of benzene rings is 3. The van der Waals surface area contributed by atoms with Crippen LogP contribution in [0.4, 0.5) is 17.1 Å². The summed E-state index contributed by atoms with van der Waals surface area (Å²) in [5.74, 6) is -0.151. The molecule has 0 heterocycles. The molecule has 0 aliphatic rings. The van der Waals surface area contributed by atoms with Gasteiger partial charge in [0.25, 0.3) is 21.6 Å². The molecule has 3 aromatic carbocycles. The van der Waals surface area contributed by atoms with Crippen molar-refractivity contribution in [3.63, 3.8) is 0 Å². The van der Waals surface area contributed by atoms with Gasteiger partial charge in [0.05, 0.1) is 15.5 Å². The molecule has 10 heteroatoms. The Morgan fingerprint density at radius 2 is 1.61 bits per heavy atom. The number of amides is 1. The lowest BCUT2D eigenvalue weighted by Crippen LogP contribution is -2.26. The molecule has 0 aromatic heterocycles. The van der Waals surface area contributed by atoms with Crippen molar-refractivity contribution in [3.05, 3.63) is 89.0 Å². The van der Waals surface area contributed by atoms with Crippen molar-refractivity contribution in [1.29, 1.82) is 0 Å². The Morgan fingerprint density at radius 3 is 2.19 bits per heavy atom. The van der Waals surface area contributed by atoms with Gasteiger partial charge in [-0.25, -0.2) is 8.42 Å².